The van der Waals surface area contributed by atoms with E-state index in [4.69, 9.17) is 11.6 Å². The fourth-order valence-electron chi connectivity index (χ4n) is 2.19. The SMILES string of the molecule is CCc1nn(C)c(CC(=O)Cc2ccc(C)cc2)c1Cl. The zero-order chi connectivity index (χ0) is 14.7. The van der Waals surface area contributed by atoms with E-state index in [1.54, 1.807) is 4.68 Å². The van der Waals surface area contributed by atoms with E-state index >= 15 is 0 Å². The van der Waals surface area contributed by atoms with E-state index in [0.29, 0.717) is 17.9 Å². The summed E-state index contributed by atoms with van der Waals surface area (Å²) in [6, 6.07) is 8.04. The highest BCUT2D eigenvalue weighted by molar-refractivity contribution is 6.32. The fourth-order valence-corrected chi connectivity index (χ4v) is 2.56. The molecule has 0 saturated heterocycles. The van der Waals surface area contributed by atoms with Crippen LogP contribution in [0.2, 0.25) is 5.02 Å². The summed E-state index contributed by atoms with van der Waals surface area (Å²) >= 11 is 6.26. The molecule has 0 aliphatic heterocycles. The van der Waals surface area contributed by atoms with Gasteiger partial charge in [0.1, 0.15) is 5.78 Å². The Hall–Kier alpha value is -1.61. The second-order valence-corrected chi connectivity index (χ2v) is 5.44. The lowest BCUT2D eigenvalue weighted by Crippen LogP contribution is -2.10. The highest BCUT2D eigenvalue weighted by Crippen LogP contribution is 2.21. The molecule has 2 rings (SSSR count). The summed E-state index contributed by atoms with van der Waals surface area (Å²) < 4.78 is 1.72. The number of Topliss-reactive ketones (excluding diaryl/α,β-unsaturated/α-hetero) is 1. The molecule has 0 N–H and O–H groups in total. The van der Waals surface area contributed by atoms with Gasteiger partial charge in [0.2, 0.25) is 0 Å². The van der Waals surface area contributed by atoms with Crippen LogP contribution in [0.5, 0.6) is 0 Å². The normalized spacial score (nSPS) is 10.8. The molecular weight excluding hydrogens is 272 g/mol. The van der Waals surface area contributed by atoms with Crippen LogP contribution in [-0.4, -0.2) is 15.6 Å². The minimum atomic E-state index is 0.154. The quantitative estimate of drug-likeness (QED) is 0.847. The number of hydrogen-bond donors (Lipinski definition) is 0. The van der Waals surface area contributed by atoms with Crippen molar-refractivity contribution in [2.75, 3.05) is 0 Å². The molecule has 4 heteroatoms. The van der Waals surface area contributed by atoms with Crippen LogP contribution in [0.1, 0.15) is 29.4 Å². The van der Waals surface area contributed by atoms with E-state index in [0.717, 1.165) is 23.4 Å². The molecule has 2 aromatic rings. The van der Waals surface area contributed by atoms with E-state index in [1.165, 1.54) is 5.56 Å². The topological polar surface area (TPSA) is 34.9 Å². The molecule has 0 bridgehead atoms. The van der Waals surface area contributed by atoms with Gasteiger partial charge in [0, 0.05) is 13.5 Å². The number of carbonyl (C=O) groups is 1. The number of rotatable bonds is 5. The second-order valence-electron chi connectivity index (χ2n) is 5.06. The Balaban J connectivity index is 2.08. The highest BCUT2D eigenvalue weighted by atomic mass is 35.5. The van der Waals surface area contributed by atoms with Crippen LogP contribution in [0, 0.1) is 6.92 Å². The van der Waals surface area contributed by atoms with Gasteiger partial charge in [-0.2, -0.15) is 5.10 Å². The van der Waals surface area contributed by atoms with Crippen LogP contribution < -0.4 is 0 Å². The molecule has 0 aliphatic rings. The van der Waals surface area contributed by atoms with Crippen molar-refractivity contribution in [3.63, 3.8) is 0 Å². The first-order valence-electron chi connectivity index (χ1n) is 6.78. The highest BCUT2D eigenvalue weighted by Gasteiger charge is 2.16. The van der Waals surface area contributed by atoms with Crippen molar-refractivity contribution in [3.05, 3.63) is 51.8 Å². The van der Waals surface area contributed by atoms with Crippen LogP contribution >= 0.6 is 11.6 Å². The summed E-state index contributed by atoms with van der Waals surface area (Å²) in [4.78, 5) is 12.2. The number of ketones is 1. The first kappa shape index (κ1) is 14.8. The summed E-state index contributed by atoms with van der Waals surface area (Å²) in [5, 5.41) is 4.96. The molecule has 1 heterocycles. The van der Waals surface area contributed by atoms with Gasteiger partial charge in [0.05, 0.1) is 22.8 Å². The predicted octanol–water partition coefficient (Wildman–Crippen LogP) is 3.30. The standard InChI is InChI=1S/C16H19ClN2O/c1-4-14-16(17)15(19(3)18-14)10-13(20)9-12-7-5-11(2)6-8-12/h5-8H,4,9-10H2,1-3H3. The van der Waals surface area contributed by atoms with Gasteiger partial charge in [-0.15, -0.1) is 0 Å². The maximum absolute atomic E-state index is 12.2. The van der Waals surface area contributed by atoms with Crippen molar-refractivity contribution in [2.45, 2.75) is 33.1 Å². The van der Waals surface area contributed by atoms with Gasteiger partial charge in [-0.05, 0) is 18.9 Å². The second kappa shape index (κ2) is 6.23. The number of nitrogens with zero attached hydrogens (tertiary/aromatic N) is 2. The summed E-state index contributed by atoms with van der Waals surface area (Å²) in [5.41, 5.74) is 3.89. The molecule has 0 aliphatic carbocycles. The Kier molecular flexibility index (Phi) is 4.61. The largest absolute Gasteiger partial charge is 0.299 e. The Morgan fingerprint density at radius 2 is 1.90 bits per heavy atom. The minimum Gasteiger partial charge on any atom is -0.299 e. The third-order valence-electron chi connectivity index (χ3n) is 3.39. The molecule has 20 heavy (non-hydrogen) atoms. The third kappa shape index (κ3) is 3.28. The summed E-state index contributed by atoms with van der Waals surface area (Å²) in [7, 11) is 1.83. The van der Waals surface area contributed by atoms with Gasteiger partial charge in [0.25, 0.3) is 0 Å². The molecule has 3 nitrogen and oxygen atoms in total. The minimum absolute atomic E-state index is 0.154. The van der Waals surface area contributed by atoms with Crippen LogP contribution in [0.4, 0.5) is 0 Å². The fraction of sp³-hybridized carbons (Fsp3) is 0.375. The molecule has 1 aromatic carbocycles. The van der Waals surface area contributed by atoms with Gasteiger partial charge in [-0.25, -0.2) is 0 Å². The van der Waals surface area contributed by atoms with E-state index in [2.05, 4.69) is 5.10 Å². The van der Waals surface area contributed by atoms with Crippen molar-refractivity contribution in [2.24, 2.45) is 7.05 Å². The number of carbonyl (C=O) groups excluding carboxylic acids is 1. The van der Waals surface area contributed by atoms with Crippen molar-refractivity contribution < 1.29 is 4.79 Å². The molecule has 1 aromatic heterocycles. The van der Waals surface area contributed by atoms with Crippen molar-refractivity contribution in [1.82, 2.24) is 9.78 Å². The summed E-state index contributed by atoms with van der Waals surface area (Å²) in [6.07, 6.45) is 1.54. The van der Waals surface area contributed by atoms with Crippen LogP contribution in [0.3, 0.4) is 0 Å². The zero-order valence-corrected chi connectivity index (χ0v) is 12.9. The maximum Gasteiger partial charge on any atom is 0.143 e. The van der Waals surface area contributed by atoms with Gasteiger partial charge in [0.15, 0.2) is 0 Å². The molecule has 0 saturated carbocycles. The Morgan fingerprint density at radius 1 is 1.25 bits per heavy atom. The van der Waals surface area contributed by atoms with Gasteiger partial charge in [-0.1, -0.05) is 48.4 Å². The number of halogens is 1. The molecule has 0 atom stereocenters. The number of aryl methyl sites for hydroxylation is 3. The molecule has 0 radical (unpaired) electrons. The first-order chi connectivity index (χ1) is 9.51. The lowest BCUT2D eigenvalue weighted by molar-refractivity contribution is -0.117. The lowest BCUT2D eigenvalue weighted by Gasteiger charge is -2.04. The number of aromatic nitrogens is 2. The van der Waals surface area contributed by atoms with E-state index in [-0.39, 0.29) is 5.78 Å². The first-order valence-corrected chi connectivity index (χ1v) is 7.16. The number of hydrogen-bond acceptors (Lipinski definition) is 2. The monoisotopic (exact) mass is 290 g/mol. The molecule has 0 unspecified atom stereocenters. The maximum atomic E-state index is 12.2. The van der Waals surface area contributed by atoms with E-state index in [9.17, 15) is 4.79 Å². The lowest BCUT2D eigenvalue weighted by atomic mass is 10.0. The van der Waals surface area contributed by atoms with Gasteiger partial charge in [-0.3, -0.25) is 9.48 Å². The zero-order valence-electron chi connectivity index (χ0n) is 12.1. The summed E-state index contributed by atoms with van der Waals surface area (Å²) in [5.74, 6) is 0.154. The smallest absolute Gasteiger partial charge is 0.143 e. The van der Waals surface area contributed by atoms with Crippen LogP contribution in [-0.2, 0) is 31.1 Å². The van der Waals surface area contributed by atoms with E-state index < -0.39 is 0 Å². The average Bonchev–Trinajstić information content (AvgIpc) is 2.69. The summed E-state index contributed by atoms with van der Waals surface area (Å²) in [6.45, 7) is 4.04. The predicted molar refractivity (Wildman–Crippen MR) is 81.2 cm³/mol. The third-order valence-corrected chi connectivity index (χ3v) is 3.83. The van der Waals surface area contributed by atoms with Crippen molar-refractivity contribution in [3.8, 4) is 0 Å². The van der Waals surface area contributed by atoms with E-state index in [1.807, 2.05) is 45.2 Å². The van der Waals surface area contributed by atoms with Crippen molar-refractivity contribution >= 4 is 17.4 Å². The number of benzene rings is 1. The van der Waals surface area contributed by atoms with Crippen LogP contribution in [0.15, 0.2) is 24.3 Å². The van der Waals surface area contributed by atoms with Gasteiger partial charge >= 0.3 is 0 Å². The van der Waals surface area contributed by atoms with Gasteiger partial charge < -0.3 is 0 Å². The van der Waals surface area contributed by atoms with Crippen molar-refractivity contribution in [1.29, 1.82) is 0 Å². The average molecular weight is 291 g/mol. The Morgan fingerprint density at radius 3 is 2.45 bits per heavy atom. The molecule has 0 fully saturated rings. The van der Waals surface area contributed by atoms with Crippen LogP contribution in [0.25, 0.3) is 0 Å². The molecule has 0 amide bonds. The molecular formula is C16H19ClN2O. The molecule has 106 valence electrons. The Bertz CT molecular complexity index is 614. The Labute approximate surface area is 124 Å². The molecule has 0 spiro atoms.